The minimum absolute atomic E-state index is 0.0753. The molecular formula is C33H45O2Si. The molecular weight excluding hydrogens is 456 g/mol. The highest BCUT2D eigenvalue weighted by Gasteiger charge is 2.53. The van der Waals surface area contributed by atoms with Gasteiger partial charge in [0.25, 0.3) is 9.04 Å². The van der Waals surface area contributed by atoms with Gasteiger partial charge in [-0.05, 0) is 110 Å². The van der Waals surface area contributed by atoms with E-state index in [9.17, 15) is 5.11 Å². The summed E-state index contributed by atoms with van der Waals surface area (Å²) in [6.07, 6.45) is 12.6. The van der Waals surface area contributed by atoms with Crippen molar-refractivity contribution in [3.8, 4) is 5.75 Å². The van der Waals surface area contributed by atoms with Gasteiger partial charge in [0, 0.05) is 11.0 Å². The molecule has 193 valence electrons. The third-order valence-electron chi connectivity index (χ3n) is 9.04. The van der Waals surface area contributed by atoms with Crippen LogP contribution in [0.3, 0.4) is 0 Å². The predicted octanol–water partition coefficient (Wildman–Crippen LogP) is 8.09. The van der Waals surface area contributed by atoms with Crippen molar-refractivity contribution in [3.05, 3.63) is 70.8 Å². The van der Waals surface area contributed by atoms with Gasteiger partial charge in [-0.15, -0.1) is 0 Å². The predicted molar refractivity (Wildman–Crippen MR) is 153 cm³/mol. The summed E-state index contributed by atoms with van der Waals surface area (Å²) in [4.78, 5) is 0. The Hall–Kier alpha value is -1.84. The number of rotatable bonds is 8. The van der Waals surface area contributed by atoms with Gasteiger partial charge in [0.1, 0.15) is 5.75 Å². The van der Waals surface area contributed by atoms with Gasteiger partial charge in [0.15, 0.2) is 0 Å². The second-order valence-corrected chi connectivity index (χ2v) is 15.2. The number of aliphatic hydroxyl groups is 1. The lowest BCUT2D eigenvalue weighted by Crippen LogP contribution is -2.49. The first kappa shape index (κ1) is 25.8. The average molecular weight is 502 g/mol. The number of hydrogen-bond donors (Lipinski definition) is 1. The first-order valence-corrected chi connectivity index (χ1v) is 16.6. The Morgan fingerprint density at radius 3 is 2.11 bits per heavy atom. The highest BCUT2D eigenvalue weighted by Crippen LogP contribution is 2.63. The Labute approximate surface area is 220 Å². The summed E-state index contributed by atoms with van der Waals surface area (Å²) in [5, 5.41) is 10.0. The molecule has 1 radical (unpaired) electrons. The summed E-state index contributed by atoms with van der Waals surface area (Å²) in [5.74, 6) is 3.97. The minimum Gasteiger partial charge on any atom is -0.542 e. The first-order valence-electron chi connectivity index (χ1n) is 14.2. The lowest BCUT2D eigenvalue weighted by Gasteiger charge is -2.58. The van der Waals surface area contributed by atoms with Crippen molar-refractivity contribution in [2.75, 3.05) is 6.61 Å². The smallest absolute Gasteiger partial charge is 0.274 e. The summed E-state index contributed by atoms with van der Waals surface area (Å²) in [7, 11) is -0.905. The maximum atomic E-state index is 10.0. The van der Waals surface area contributed by atoms with E-state index in [1.807, 2.05) is 18.2 Å². The topological polar surface area (TPSA) is 29.5 Å². The second kappa shape index (κ2) is 10.1. The Kier molecular flexibility index (Phi) is 7.26. The van der Waals surface area contributed by atoms with Gasteiger partial charge < -0.3 is 9.53 Å². The molecule has 0 saturated heterocycles. The van der Waals surface area contributed by atoms with Crippen LogP contribution >= 0.6 is 0 Å². The summed E-state index contributed by atoms with van der Waals surface area (Å²) in [6, 6.07) is 15.1. The number of allylic oxidation sites excluding steroid dienone is 1. The quantitative estimate of drug-likeness (QED) is 0.370. The van der Waals surface area contributed by atoms with Gasteiger partial charge in [0.05, 0.1) is 6.61 Å². The summed E-state index contributed by atoms with van der Waals surface area (Å²) >= 11 is 0. The number of aryl methyl sites for hydroxylation is 1. The van der Waals surface area contributed by atoms with Gasteiger partial charge in [0.2, 0.25) is 0 Å². The third kappa shape index (κ3) is 5.11. The summed E-state index contributed by atoms with van der Waals surface area (Å²) < 4.78 is 6.90. The zero-order chi connectivity index (χ0) is 25.5. The van der Waals surface area contributed by atoms with E-state index < -0.39 is 9.04 Å². The Morgan fingerprint density at radius 2 is 1.58 bits per heavy atom. The number of hydrogen-bond acceptors (Lipinski definition) is 2. The van der Waals surface area contributed by atoms with Crippen LogP contribution in [0.15, 0.2) is 48.5 Å². The van der Waals surface area contributed by atoms with E-state index in [0.29, 0.717) is 5.41 Å². The fourth-order valence-electron chi connectivity index (χ4n) is 8.04. The van der Waals surface area contributed by atoms with Crippen LogP contribution in [-0.2, 0) is 17.3 Å². The number of benzene rings is 2. The SMILES string of the molecule is C[Si](C)Oc1c(CCC=C(CO)c2ccccc2)ccc(C(C)(C)C)c1C12CC3CC(CC(C3)C1)C2. The van der Waals surface area contributed by atoms with Crippen molar-refractivity contribution in [1.82, 2.24) is 0 Å². The molecule has 0 aliphatic heterocycles. The van der Waals surface area contributed by atoms with Crippen molar-refractivity contribution in [2.45, 2.75) is 96.1 Å². The van der Waals surface area contributed by atoms with Gasteiger partial charge in [-0.2, -0.15) is 0 Å². The van der Waals surface area contributed by atoms with Gasteiger partial charge >= 0.3 is 0 Å². The normalized spacial score (nSPS) is 27.6. The van der Waals surface area contributed by atoms with E-state index in [2.05, 4.69) is 64.2 Å². The minimum atomic E-state index is -0.905. The van der Waals surface area contributed by atoms with Crippen LogP contribution < -0.4 is 4.43 Å². The summed E-state index contributed by atoms with van der Waals surface area (Å²) in [5.41, 5.74) is 7.00. The molecule has 0 aromatic heterocycles. The zero-order valence-electron chi connectivity index (χ0n) is 23.1. The van der Waals surface area contributed by atoms with E-state index >= 15 is 0 Å². The van der Waals surface area contributed by atoms with E-state index in [-0.39, 0.29) is 12.0 Å². The van der Waals surface area contributed by atoms with Crippen LogP contribution in [0.2, 0.25) is 13.1 Å². The van der Waals surface area contributed by atoms with Crippen molar-refractivity contribution in [2.24, 2.45) is 17.8 Å². The fourth-order valence-corrected chi connectivity index (χ4v) is 8.68. The van der Waals surface area contributed by atoms with Crippen LogP contribution in [0, 0.1) is 17.8 Å². The van der Waals surface area contributed by atoms with Gasteiger partial charge in [-0.3, -0.25) is 0 Å². The second-order valence-electron chi connectivity index (χ2n) is 13.2. The lowest BCUT2D eigenvalue weighted by atomic mass is 9.47. The molecule has 0 heterocycles. The molecule has 4 aliphatic carbocycles. The molecule has 0 unspecified atom stereocenters. The number of aliphatic hydroxyl groups excluding tert-OH is 1. The third-order valence-corrected chi connectivity index (χ3v) is 9.65. The molecule has 2 aromatic carbocycles. The van der Waals surface area contributed by atoms with Crippen molar-refractivity contribution in [1.29, 1.82) is 0 Å². The van der Waals surface area contributed by atoms with E-state index in [4.69, 9.17) is 4.43 Å². The molecule has 3 heteroatoms. The van der Waals surface area contributed by atoms with Crippen molar-refractivity contribution < 1.29 is 9.53 Å². The molecule has 6 rings (SSSR count). The van der Waals surface area contributed by atoms with E-state index in [1.165, 1.54) is 55.4 Å². The van der Waals surface area contributed by atoms with Crippen LogP contribution in [-0.4, -0.2) is 20.8 Å². The molecule has 0 amide bonds. The molecule has 4 fully saturated rings. The average Bonchev–Trinajstić information content (AvgIpc) is 2.81. The highest BCUT2D eigenvalue weighted by molar-refractivity contribution is 6.49. The molecule has 4 bridgehead atoms. The fraction of sp³-hybridized carbons (Fsp3) is 0.576. The lowest BCUT2D eigenvalue weighted by molar-refractivity contribution is -0.00662. The van der Waals surface area contributed by atoms with Crippen molar-refractivity contribution >= 4 is 14.6 Å². The van der Waals surface area contributed by atoms with E-state index in [0.717, 1.165) is 41.7 Å². The standard InChI is InChI=1S/C33H45O2Si/c1-32(2,3)29-15-14-27(12-9-13-28(22-34)26-10-7-6-8-11-26)31(35-36(4)5)30(29)33-19-23-16-24(20-33)18-25(17-23)21-33/h6-8,10-11,13-15,23-25,34H,9,12,16-22H2,1-5H3. The first-order chi connectivity index (χ1) is 17.2. The monoisotopic (exact) mass is 501 g/mol. The zero-order valence-corrected chi connectivity index (χ0v) is 24.1. The Bertz CT molecular complexity index is 1060. The molecule has 2 nitrogen and oxygen atoms in total. The van der Waals surface area contributed by atoms with Gasteiger partial charge in [-0.25, -0.2) is 0 Å². The molecule has 4 saturated carbocycles. The van der Waals surface area contributed by atoms with Crippen LogP contribution in [0.4, 0.5) is 0 Å². The van der Waals surface area contributed by atoms with E-state index in [1.54, 1.807) is 5.56 Å². The van der Waals surface area contributed by atoms with Crippen molar-refractivity contribution in [3.63, 3.8) is 0 Å². The molecule has 0 spiro atoms. The van der Waals surface area contributed by atoms with Crippen LogP contribution in [0.5, 0.6) is 5.75 Å². The maximum absolute atomic E-state index is 10.0. The van der Waals surface area contributed by atoms with Gasteiger partial charge in [-0.1, -0.05) is 69.3 Å². The molecule has 4 aliphatic rings. The Morgan fingerprint density at radius 1 is 0.972 bits per heavy atom. The Balaban J connectivity index is 1.55. The molecule has 0 atom stereocenters. The van der Waals surface area contributed by atoms with Crippen LogP contribution in [0.25, 0.3) is 5.57 Å². The maximum Gasteiger partial charge on any atom is 0.274 e. The molecule has 1 N–H and O–H groups in total. The summed E-state index contributed by atoms with van der Waals surface area (Å²) in [6.45, 7) is 11.8. The van der Waals surface area contributed by atoms with Crippen LogP contribution in [0.1, 0.15) is 88.0 Å². The molecule has 2 aromatic rings. The highest BCUT2D eigenvalue weighted by atomic mass is 28.3. The molecule has 36 heavy (non-hydrogen) atoms. The largest absolute Gasteiger partial charge is 0.542 e.